The molecule has 2 heterocycles. The summed E-state index contributed by atoms with van der Waals surface area (Å²) in [5, 5.41) is 0. The lowest BCUT2D eigenvalue weighted by Gasteiger charge is -2.38. The Bertz CT molecular complexity index is 926. The molecular weight excluding hydrogens is 397 g/mol. The van der Waals surface area contributed by atoms with Gasteiger partial charge in [0.05, 0.1) is 6.54 Å². The number of anilines is 1. The maximum Gasteiger partial charge on any atom is 0.260 e. The van der Waals surface area contributed by atoms with Crippen LogP contribution in [0.15, 0.2) is 48.5 Å². The second kappa shape index (κ2) is 9.47. The summed E-state index contributed by atoms with van der Waals surface area (Å²) in [6, 6.07) is 13.9. The van der Waals surface area contributed by atoms with Gasteiger partial charge in [-0.05, 0) is 55.7 Å². The van der Waals surface area contributed by atoms with E-state index in [1.165, 1.54) is 29.8 Å². The van der Waals surface area contributed by atoms with Crippen molar-refractivity contribution in [3.05, 3.63) is 59.9 Å². The molecule has 31 heavy (non-hydrogen) atoms. The first-order chi connectivity index (χ1) is 15.0. The summed E-state index contributed by atoms with van der Waals surface area (Å²) in [6.45, 7) is 4.80. The van der Waals surface area contributed by atoms with E-state index in [-0.39, 0.29) is 30.3 Å². The van der Waals surface area contributed by atoms with Gasteiger partial charge < -0.3 is 14.5 Å². The molecule has 1 atom stereocenters. The number of ether oxygens (including phenoxy) is 1. The molecule has 2 aromatic rings. The molecule has 0 radical (unpaired) electrons. The highest BCUT2D eigenvalue weighted by Crippen LogP contribution is 2.30. The molecule has 0 bridgehead atoms. The number of halogens is 1. The van der Waals surface area contributed by atoms with Crippen molar-refractivity contribution in [3.8, 4) is 5.75 Å². The lowest BCUT2D eigenvalue weighted by molar-refractivity contribution is -0.135. The minimum Gasteiger partial charge on any atom is -0.484 e. The van der Waals surface area contributed by atoms with Gasteiger partial charge in [-0.3, -0.25) is 14.5 Å². The fourth-order valence-corrected chi connectivity index (χ4v) is 4.26. The number of hydrogen-bond acceptors (Lipinski definition) is 4. The van der Waals surface area contributed by atoms with Crippen LogP contribution in [0.1, 0.15) is 18.9 Å². The van der Waals surface area contributed by atoms with Crippen LogP contribution in [0.2, 0.25) is 0 Å². The van der Waals surface area contributed by atoms with Gasteiger partial charge in [-0.25, -0.2) is 4.39 Å². The Morgan fingerprint density at radius 3 is 2.45 bits per heavy atom. The number of carbonyl (C=O) groups is 2. The van der Waals surface area contributed by atoms with Gasteiger partial charge in [0, 0.05) is 37.9 Å². The first kappa shape index (κ1) is 21.3. The molecule has 0 spiro atoms. The van der Waals surface area contributed by atoms with Crippen LogP contribution in [-0.4, -0.2) is 67.0 Å². The highest BCUT2D eigenvalue weighted by Gasteiger charge is 2.30. The van der Waals surface area contributed by atoms with Crippen molar-refractivity contribution in [1.29, 1.82) is 0 Å². The third kappa shape index (κ3) is 5.05. The zero-order valence-corrected chi connectivity index (χ0v) is 17.8. The third-order valence-electron chi connectivity index (χ3n) is 6.05. The number of piperazine rings is 1. The number of nitrogens with zero attached hydrogens (tertiary/aromatic N) is 3. The fraction of sp³-hybridized carbons (Fsp3) is 0.417. The average molecular weight is 426 g/mol. The molecule has 0 saturated carbocycles. The number of amides is 2. The van der Waals surface area contributed by atoms with E-state index in [0.717, 1.165) is 18.5 Å². The van der Waals surface area contributed by atoms with Gasteiger partial charge in [-0.15, -0.1) is 0 Å². The van der Waals surface area contributed by atoms with Gasteiger partial charge in [-0.2, -0.15) is 0 Å². The smallest absolute Gasteiger partial charge is 0.260 e. The van der Waals surface area contributed by atoms with Crippen LogP contribution in [-0.2, 0) is 16.0 Å². The number of fused-ring (bicyclic) bond motifs is 1. The van der Waals surface area contributed by atoms with Crippen molar-refractivity contribution in [1.82, 2.24) is 9.80 Å². The molecule has 1 fully saturated rings. The lowest BCUT2D eigenvalue weighted by Crippen LogP contribution is -2.53. The van der Waals surface area contributed by atoms with Crippen LogP contribution < -0.4 is 9.64 Å². The van der Waals surface area contributed by atoms with E-state index >= 15 is 0 Å². The van der Waals surface area contributed by atoms with Crippen LogP contribution in [0.25, 0.3) is 0 Å². The third-order valence-corrected chi connectivity index (χ3v) is 6.05. The topological polar surface area (TPSA) is 53.1 Å². The Hall–Kier alpha value is -2.93. The first-order valence-electron chi connectivity index (χ1n) is 10.8. The summed E-state index contributed by atoms with van der Waals surface area (Å²) in [7, 11) is 0. The second-order valence-corrected chi connectivity index (χ2v) is 8.18. The molecule has 2 aliphatic heterocycles. The highest BCUT2D eigenvalue weighted by molar-refractivity contribution is 5.96. The predicted molar refractivity (Wildman–Crippen MR) is 117 cm³/mol. The van der Waals surface area contributed by atoms with Crippen LogP contribution in [0.4, 0.5) is 10.1 Å². The SMILES string of the molecule is CC1CCc2ccccc2N1C(=O)CN1CCN(C(=O)COc2ccc(F)cc2)CC1. The normalized spacial score (nSPS) is 19.1. The summed E-state index contributed by atoms with van der Waals surface area (Å²) in [4.78, 5) is 31.3. The number of hydrogen-bond donors (Lipinski definition) is 0. The van der Waals surface area contributed by atoms with Crippen molar-refractivity contribution < 1.29 is 18.7 Å². The van der Waals surface area contributed by atoms with E-state index < -0.39 is 0 Å². The molecule has 6 nitrogen and oxygen atoms in total. The molecule has 164 valence electrons. The molecular formula is C24H28FN3O3. The minimum atomic E-state index is -0.341. The summed E-state index contributed by atoms with van der Waals surface area (Å²) < 4.78 is 18.4. The summed E-state index contributed by atoms with van der Waals surface area (Å²) in [5.41, 5.74) is 2.25. The van der Waals surface area contributed by atoms with Crippen LogP contribution in [0, 0.1) is 5.82 Å². The summed E-state index contributed by atoms with van der Waals surface area (Å²) in [6.07, 6.45) is 1.97. The molecule has 7 heteroatoms. The van der Waals surface area contributed by atoms with Crippen molar-refractivity contribution in [2.45, 2.75) is 25.8 Å². The van der Waals surface area contributed by atoms with E-state index in [0.29, 0.717) is 38.5 Å². The Morgan fingerprint density at radius 2 is 1.71 bits per heavy atom. The number of benzene rings is 2. The number of rotatable bonds is 5. The Labute approximate surface area is 182 Å². The number of aryl methyl sites for hydroxylation is 1. The number of carbonyl (C=O) groups excluding carboxylic acids is 2. The molecule has 1 unspecified atom stereocenters. The zero-order chi connectivity index (χ0) is 21.8. The Kier molecular flexibility index (Phi) is 6.51. The van der Waals surface area contributed by atoms with Crippen molar-refractivity contribution in [3.63, 3.8) is 0 Å². The van der Waals surface area contributed by atoms with Gasteiger partial charge in [0.2, 0.25) is 5.91 Å². The van der Waals surface area contributed by atoms with E-state index in [1.807, 2.05) is 23.1 Å². The molecule has 1 saturated heterocycles. The van der Waals surface area contributed by atoms with Gasteiger partial charge in [-0.1, -0.05) is 18.2 Å². The average Bonchev–Trinajstić information content (AvgIpc) is 2.78. The molecule has 0 aliphatic carbocycles. The van der Waals surface area contributed by atoms with Crippen LogP contribution >= 0.6 is 0 Å². The molecule has 0 aromatic heterocycles. The van der Waals surface area contributed by atoms with Gasteiger partial charge >= 0.3 is 0 Å². The maximum atomic E-state index is 13.1. The largest absolute Gasteiger partial charge is 0.484 e. The van der Waals surface area contributed by atoms with E-state index in [1.54, 1.807) is 4.90 Å². The molecule has 2 amide bonds. The fourth-order valence-electron chi connectivity index (χ4n) is 4.26. The van der Waals surface area contributed by atoms with Crippen LogP contribution in [0.3, 0.4) is 0 Å². The lowest BCUT2D eigenvalue weighted by atomic mass is 9.96. The summed E-state index contributed by atoms with van der Waals surface area (Å²) in [5.74, 6) is 0.134. The Balaban J connectivity index is 1.27. The predicted octanol–water partition coefficient (Wildman–Crippen LogP) is 2.72. The van der Waals surface area contributed by atoms with Crippen molar-refractivity contribution in [2.24, 2.45) is 0 Å². The maximum absolute atomic E-state index is 13.1. The Morgan fingerprint density at radius 1 is 1.00 bits per heavy atom. The van der Waals surface area contributed by atoms with Gasteiger partial charge in [0.1, 0.15) is 11.6 Å². The number of para-hydroxylation sites is 1. The second-order valence-electron chi connectivity index (χ2n) is 8.18. The quantitative estimate of drug-likeness (QED) is 0.739. The first-order valence-corrected chi connectivity index (χ1v) is 10.8. The standard InChI is InChI=1S/C24H28FN3O3/c1-18-6-7-19-4-2-3-5-22(19)28(18)23(29)16-26-12-14-27(15-13-26)24(30)17-31-21-10-8-20(25)9-11-21/h2-5,8-11,18H,6-7,12-17H2,1H3. The van der Waals surface area contributed by atoms with Gasteiger partial charge in [0.15, 0.2) is 6.61 Å². The van der Waals surface area contributed by atoms with Crippen molar-refractivity contribution >= 4 is 17.5 Å². The highest BCUT2D eigenvalue weighted by atomic mass is 19.1. The van der Waals surface area contributed by atoms with E-state index in [4.69, 9.17) is 4.74 Å². The minimum absolute atomic E-state index is 0.0767. The van der Waals surface area contributed by atoms with E-state index in [2.05, 4.69) is 17.9 Å². The zero-order valence-electron chi connectivity index (χ0n) is 17.8. The monoisotopic (exact) mass is 425 g/mol. The summed E-state index contributed by atoms with van der Waals surface area (Å²) >= 11 is 0. The molecule has 2 aromatic carbocycles. The van der Waals surface area contributed by atoms with Gasteiger partial charge in [0.25, 0.3) is 5.91 Å². The molecule has 2 aliphatic rings. The molecule has 4 rings (SSSR count). The van der Waals surface area contributed by atoms with Crippen molar-refractivity contribution in [2.75, 3.05) is 44.2 Å². The van der Waals surface area contributed by atoms with E-state index in [9.17, 15) is 14.0 Å². The molecule has 0 N–H and O–H groups in total. The van der Waals surface area contributed by atoms with Crippen LogP contribution in [0.5, 0.6) is 5.75 Å².